The smallest absolute Gasteiger partial charge is 0.326 e. The van der Waals surface area contributed by atoms with Gasteiger partial charge in [0.25, 0.3) is 0 Å². The fourth-order valence-corrected chi connectivity index (χ4v) is 2.47. The number of aliphatic carboxylic acids is 1. The zero-order chi connectivity index (χ0) is 19.5. The van der Waals surface area contributed by atoms with Crippen LogP contribution in [0, 0.1) is 0 Å². The van der Waals surface area contributed by atoms with Gasteiger partial charge in [0.05, 0.1) is 19.1 Å². The first-order chi connectivity index (χ1) is 12.4. The molecule has 0 aliphatic heterocycles. The van der Waals surface area contributed by atoms with Gasteiger partial charge >= 0.3 is 5.97 Å². The summed E-state index contributed by atoms with van der Waals surface area (Å²) in [7, 11) is 0. The third-order valence-electron chi connectivity index (χ3n) is 3.60. The summed E-state index contributed by atoms with van der Waals surface area (Å²) in [4.78, 5) is 35.2. The van der Waals surface area contributed by atoms with Gasteiger partial charge in [-0.1, -0.05) is 30.4 Å². The topological polar surface area (TPSA) is 105 Å². The molecule has 2 unspecified atom stereocenters. The Morgan fingerprint density at radius 1 is 1.23 bits per heavy atom. The van der Waals surface area contributed by atoms with Crippen molar-refractivity contribution in [2.45, 2.75) is 45.7 Å². The zero-order valence-electron chi connectivity index (χ0n) is 15.3. The summed E-state index contributed by atoms with van der Waals surface area (Å²) in [5, 5.41) is 14.4. The van der Waals surface area contributed by atoms with E-state index in [1.54, 1.807) is 43.3 Å². The average molecular weight is 362 g/mol. The zero-order valence-corrected chi connectivity index (χ0v) is 15.3. The standard InChI is InChI=1S/C19H26N2O5/c1-4-6-10-15(19(24)25)21-18(23)12-16(20-13(3)22)14-9-7-8-11-17(14)26-5-2/h4,6-9,11,15-16H,5,10,12H2,1-3H3,(H,20,22)(H,21,23)(H,24,25)/b6-4+. The van der Waals surface area contributed by atoms with Crippen LogP contribution in [0.3, 0.4) is 0 Å². The van der Waals surface area contributed by atoms with Crippen molar-refractivity contribution in [1.29, 1.82) is 0 Å². The van der Waals surface area contributed by atoms with Crippen LogP contribution in [-0.2, 0) is 14.4 Å². The summed E-state index contributed by atoms with van der Waals surface area (Å²) in [6, 6.07) is 5.49. The predicted molar refractivity (Wildman–Crippen MR) is 97.8 cm³/mol. The molecule has 7 nitrogen and oxygen atoms in total. The quantitative estimate of drug-likeness (QED) is 0.554. The van der Waals surface area contributed by atoms with Crippen molar-refractivity contribution in [3.63, 3.8) is 0 Å². The number of carboxylic acid groups (broad SMARTS) is 1. The van der Waals surface area contributed by atoms with Gasteiger partial charge in [-0.25, -0.2) is 4.79 Å². The monoisotopic (exact) mass is 362 g/mol. The molecule has 26 heavy (non-hydrogen) atoms. The molecule has 3 N–H and O–H groups in total. The molecule has 1 rings (SSSR count). The maximum absolute atomic E-state index is 12.4. The lowest BCUT2D eigenvalue weighted by Gasteiger charge is -2.22. The molecule has 2 amide bonds. The van der Waals surface area contributed by atoms with E-state index in [4.69, 9.17) is 4.74 Å². The van der Waals surface area contributed by atoms with E-state index in [-0.39, 0.29) is 18.7 Å². The van der Waals surface area contributed by atoms with Crippen molar-refractivity contribution in [3.8, 4) is 5.75 Å². The van der Waals surface area contributed by atoms with E-state index in [9.17, 15) is 19.5 Å². The summed E-state index contributed by atoms with van der Waals surface area (Å²) in [5.74, 6) is -1.29. The molecular weight excluding hydrogens is 336 g/mol. The molecule has 0 bridgehead atoms. The Morgan fingerprint density at radius 3 is 2.50 bits per heavy atom. The summed E-state index contributed by atoms with van der Waals surface area (Å²) in [6.45, 7) is 5.43. The van der Waals surface area contributed by atoms with Gasteiger partial charge in [-0.2, -0.15) is 0 Å². The molecular formula is C19H26N2O5. The summed E-state index contributed by atoms with van der Waals surface area (Å²) in [6.07, 6.45) is 3.50. The van der Waals surface area contributed by atoms with Crippen LogP contribution in [0.25, 0.3) is 0 Å². The fourth-order valence-electron chi connectivity index (χ4n) is 2.47. The Bertz CT molecular complexity index is 657. The molecule has 0 fully saturated rings. The lowest BCUT2D eigenvalue weighted by atomic mass is 10.0. The summed E-state index contributed by atoms with van der Waals surface area (Å²) in [5.41, 5.74) is 0.667. The Labute approximate surface area is 153 Å². The molecule has 0 aliphatic carbocycles. The van der Waals surface area contributed by atoms with Crippen LogP contribution in [0.15, 0.2) is 36.4 Å². The number of allylic oxidation sites excluding steroid dienone is 1. The third kappa shape index (κ3) is 6.96. The summed E-state index contributed by atoms with van der Waals surface area (Å²) >= 11 is 0. The minimum absolute atomic E-state index is 0.0940. The van der Waals surface area contributed by atoms with Gasteiger partial charge in [0.2, 0.25) is 11.8 Å². The maximum Gasteiger partial charge on any atom is 0.326 e. The molecule has 0 spiro atoms. The first-order valence-electron chi connectivity index (χ1n) is 8.51. The minimum Gasteiger partial charge on any atom is -0.494 e. The van der Waals surface area contributed by atoms with Crippen LogP contribution in [0.2, 0.25) is 0 Å². The second-order valence-corrected chi connectivity index (χ2v) is 5.69. The highest BCUT2D eigenvalue weighted by molar-refractivity contribution is 5.84. The van der Waals surface area contributed by atoms with Crippen LogP contribution in [0.4, 0.5) is 0 Å². The first-order valence-corrected chi connectivity index (χ1v) is 8.51. The number of hydrogen-bond acceptors (Lipinski definition) is 4. The van der Waals surface area contributed by atoms with Gasteiger partial charge in [0, 0.05) is 12.5 Å². The van der Waals surface area contributed by atoms with Crippen molar-refractivity contribution < 1.29 is 24.2 Å². The van der Waals surface area contributed by atoms with Gasteiger partial charge in [-0.05, 0) is 26.3 Å². The largest absolute Gasteiger partial charge is 0.494 e. The van der Waals surface area contributed by atoms with E-state index < -0.39 is 24.0 Å². The van der Waals surface area contributed by atoms with Crippen molar-refractivity contribution in [2.24, 2.45) is 0 Å². The molecule has 0 heterocycles. The van der Waals surface area contributed by atoms with E-state index in [1.165, 1.54) is 6.92 Å². The Morgan fingerprint density at radius 2 is 1.92 bits per heavy atom. The second kappa shape index (κ2) is 10.9. The van der Waals surface area contributed by atoms with Crippen LogP contribution in [-0.4, -0.2) is 35.5 Å². The first kappa shape index (κ1) is 21.2. The number of rotatable bonds is 10. The Hall–Kier alpha value is -2.83. The lowest BCUT2D eigenvalue weighted by Crippen LogP contribution is -2.42. The van der Waals surface area contributed by atoms with Crippen molar-refractivity contribution in [3.05, 3.63) is 42.0 Å². The van der Waals surface area contributed by atoms with Gasteiger partial charge in [0.15, 0.2) is 0 Å². The molecule has 1 aromatic carbocycles. The molecule has 1 aromatic rings. The van der Waals surface area contributed by atoms with Crippen LogP contribution >= 0.6 is 0 Å². The molecule has 0 saturated heterocycles. The highest BCUT2D eigenvalue weighted by Gasteiger charge is 2.24. The van der Waals surface area contributed by atoms with Crippen LogP contribution < -0.4 is 15.4 Å². The number of carbonyl (C=O) groups excluding carboxylic acids is 2. The van der Waals surface area contributed by atoms with Crippen LogP contribution in [0.5, 0.6) is 5.75 Å². The number of benzene rings is 1. The summed E-state index contributed by atoms with van der Waals surface area (Å²) < 4.78 is 5.57. The van der Waals surface area contributed by atoms with Crippen molar-refractivity contribution in [1.82, 2.24) is 10.6 Å². The highest BCUT2D eigenvalue weighted by atomic mass is 16.5. The second-order valence-electron chi connectivity index (χ2n) is 5.69. The average Bonchev–Trinajstić information content (AvgIpc) is 2.58. The van der Waals surface area contributed by atoms with Crippen molar-refractivity contribution in [2.75, 3.05) is 6.61 Å². The third-order valence-corrected chi connectivity index (χ3v) is 3.60. The fraction of sp³-hybridized carbons (Fsp3) is 0.421. The van der Waals surface area contributed by atoms with E-state index in [1.807, 2.05) is 6.92 Å². The highest BCUT2D eigenvalue weighted by Crippen LogP contribution is 2.27. The number of carbonyl (C=O) groups is 3. The molecule has 142 valence electrons. The minimum atomic E-state index is -1.11. The molecule has 2 atom stereocenters. The normalized spacial score (nSPS) is 13.0. The number of amides is 2. The maximum atomic E-state index is 12.4. The van der Waals surface area contributed by atoms with E-state index in [2.05, 4.69) is 10.6 Å². The van der Waals surface area contributed by atoms with Crippen LogP contribution in [0.1, 0.15) is 45.2 Å². The van der Waals surface area contributed by atoms with Gasteiger partial charge in [0.1, 0.15) is 11.8 Å². The molecule has 7 heteroatoms. The van der Waals surface area contributed by atoms with Gasteiger partial charge in [-0.15, -0.1) is 0 Å². The van der Waals surface area contributed by atoms with E-state index in [0.717, 1.165) is 0 Å². The van der Waals surface area contributed by atoms with Gasteiger partial charge in [-0.3, -0.25) is 9.59 Å². The number of nitrogens with one attached hydrogen (secondary N) is 2. The molecule has 0 aliphatic rings. The Balaban J connectivity index is 2.95. The molecule has 0 saturated carbocycles. The van der Waals surface area contributed by atoms with E-state index in [0.29, 0.717) is 17.9 Å². The lowest BCUT2D eigenvalue weighted by molar-refractivity contribution is -0.141. The number of para-hydroxylation sites is 1. The Kier molecular flexibility index (Phi) is 8.91. The number of hydrogen-bond donors (Lipinski definition) is 3. The molecule has 0 radical (unpaired) electrons. The number of ether oxygens (including phenoxy) is 1. The van der Waals surface area contributed by atoms with E-state index >= 15 is 0 Å². The SMILES string of the molecule is C/C=C/CC(NC(=O)CC(NC(C)=O)c1ccccc1OCC)C(=O)O. The predicted octanol–water partition coefficient (Wildman–Crippen LogP) is 2.19. The molecule has 0 aromatic heterocycles. The van der Waals surface area contributed by atoms with Gasteiger partial charge < -0.3 is 20.5 Å². The van der Waals surface area contributed by atoms with Crippen molar-refractivity contribution >= 4 is 17.8 Å². The number of carboxylic acids is 1.